The highest BCUT2D eigenvalue weighted by Crippen LogP contribution is 2.40. The van der Waals surface area contributed by atoms with Gasteiger partial charge in [-0.2, -0.15) is 13.2 Å². The van der Waals surface area contributed by atoms with Crippen molar-refractivity contribution in [2.24, 2.45) is 7.05 Å². The minimum absolute atomic E-state index is 0.0860. The van der Waals surface area contributed by atoms with E-state index in [1.165, 1.54) is 13.2 Å². The average molecular weight is 369 g/mol. The lowest BCUT2D eigenvalue weighted by Crippen LogP contribution is -2.46. The van der Waals surface area contributed by atoms with Gasteiger partial charge in [-0.25, -0.2) is 4.98 Å². The van der Waals surface area contributed by atoms with Gasteiger partial charge in [0.2, 0.25) is 11.5 Å². The molecule has 0 fully saturated rings. The number of carbonyl (C=O) groups is 1. The van der Waals surface area contributed by atoms with Gasteiger partial charge in [-0.3, -0.25) is 4.79 Å². The van der Waals surface area contributed by atoms with Crippen LogP contribution in [-0.4, -0.2) is 26.7 Å². The number of hydrogen-bond acceptors (Lipinski definition) is 3. The number of rotatable bonds is 4. The summed E-state index contributed by atoms with van der Waals surface area (Å²) in [4.78, 5) is 15.7. The van der Waals surface area contributed by atoms with Crippen molar-refractivity contribution in [2.45, 2.75) is 44.4 Å². The van der Waals surface area contributed by atoms with Gasteiger partial charge in [0.1, 0.15) is 0 Å². The quantitative estimate of drug-likeness (QED) is 0.867. The topological polar surface area (TPSA) is 67.1 Å². The summed E-state index contributed by atoms with van der Waals surface area (Å²) in [5.74, 6) is -1.60. The van der Waals surface area contributed by atoms with Crippen molar-refractivity contribution in [1.29, 1.82) is 0 Å². The Kier molecular flexibility index (Phi) is 5.19. The van der Waals surface area contributed by atoms with Gasteiger partial charge in [-0.1, -0.05) is 32.9 Å². The molecule has 0 aliphatic rings. The van der Waals surface area contributed by atoms with Crippen molar-refractivity contribution in [3.05, 3.63) is 48.0 Å². The van der Waals surface area contributed by atoms with E-state index in [4.69, 9.17) is 0 Å². The van der Waals surface area contributed by atoms with Crippen LogP contribution >= 0.6 is 0 Å². The second kappa shape index (κ2) is 6.75. The summed E-state index contributed by atoms with van der Waals surface area (Å²) in [7, 11) is 1.32. The van der Waals surface area contributed by atoms with Gasteiger partial charge in [0.25, 0.3) is 0 Å². The molecule has 0 aliphatic heterocycles. The molecule has 1 unspecified atom stereocenters. The van der Waals surface area contributed by atoms with Crippen molar-refractivity contribution in [1.82, 2.24) is 9.55 Å². The Labute approximate surface area is 149 Å². The zero-order chi connectivity index (χ0) is 19.8. The molecule has 2 rings (SSSR count). The van der Waals surface area contributed by atoms with E-state index in [1.807, 2.05) is 20.8 Å². The number of nitrogens with zero attached hydrogens (tertiary/aromatic N) is 2. The number of aromatic nitrogens is 2. The Morgan fingerprint density at radius 2 is 1.77 bits per heavy atom. The number of aryl methyl sites for hydroxylation is 1. The summed E-state index contributed by atoms with van der Waals surface area (Å²) in [5.41, 5.74) is -2.08. The SMILES string of the molecule is Cn1ccnc1C(O)(CC(=O)Nc1ccc(C(C)(C)C)cc1)C(F)(F)F. The van der Waals surface area contributed by atoms with Crippen LogP contribution in [0.25, 0.3) is 0 Å². The predicted octanol–water partition coefficient (Wildman–Crippen LogP) is 3.50. The van der Waals surface area contributed by atoms with E-state index in [0.29, 0.717) is 5.69 Å². The van der Waals surface area contributed by atoms with Gasteiger partial charge in [-0.15, -0.1) is 0 Å². The van der Waals surface area contributed by atoms with Crippen LogP contribution in [0.4, 0.5) is 18.9 Å². The molecule has 1 amide bonds. The number of anilines is 1. The summed E-state index contributed by atoms with van der Waals surface area (Å²) >= 11 is 0. The first-order chi connectivity index (χ1) is 11.8. The van der Waals surface area contributed by atoms with Crippen LogP contribution in [0.15, 0.2) is 36.7 Å². The van der Waals surface area contributed by atoms with Gasteiger partial charge in [-0.05, 0) is 23.1 Å². The predicted molar refractivity (Wildman–Crippen MR) is 91.5 cm³/mol. The Morgan fingerprint density at radius 1 is 1.19 bits per heavy atom. The largest absolute Gasteiger partial charge is 0.425 e. The lowest BCUT2D eigenvalue weighted by Gasteiger charge is -2.29. The zero-order valence-corrected chi connectivity index (χ0v) is 15.1. The third kappa shape index (κ3) is 4.07. The molecule has 1 aromatic carbocycles. The zero-order valence-electron chi connectivity index (χ0n) is 15.1. The van der Waals surface area contributed by atoms with Crippen molar-refractivity contribution < 1.29 is 23.1 Å². The van der Waals surface area contributed by atoms with Gasteiger partial charge < -0.3 is 15.0 Å². The summed E-state index contributed by atoms with van der Waals surface area (Å²) < 4.78 is 41.4. The van der Waals surface area contributed by atoms with Crippen LogP contribution in [0.2, 0.25) is 0 Å². The van der Waals surface area contributed by atoms with E-state index < -0.39 is 29.9 Å². The molecule has 0 saturated heterocycles. The molecule has 2 aromatic rings. The van der Waals surface area contributed by atoms with E-state index >= 15 is 0 Å². The average Bonchev–Trinajstić information content (AvgIpc) is 2.92. The maximum Gasteiger partial charge on any atom is 0.425 e. The Hall–Kier alpha value is -2.35. The number of aliphatic hydroxyl groups is 1. The van der Waals surface area contributed by atoms with Crippen LogP contribution in [0.3, 0.4) is 0 Å². The Balaban J connectivity index is 2.20. The molecule has 1 heterocycles. The first-order valence-electron chi connectivity index (χ1n) is 8.02. The van der Waals surface area contributed by atoms with Gasteiger partial charge >= 0.3 is 6.18 Å². The van der Waals surface area contributed by atoms with Crippen LogP contribution in [0, 0.1) is 0 Å². The smallest absolute Gasteiger partial charge is 0.374 e. The molecule has 8 heteroatoms. The number of alkyl halides is 3. The molecule has 0 aliphatic carbocycles. The van der Waals surface area contributed by atoms with E-state index in [-0.39, 0.29) is 5.41 Å². The van der Waals surface area contributed by atoms with Crippen molar-refractivity contribution in [3.8, 4) is 0 Å². The van der Waals surface area contributed by atoms with E-state index in [2.05, 4.69) is 10.3 Å². The fourth-order valence-corrected chi connectivity index (χ4v) is 2.56. The van der Waals surface area contributed by atoms with E-state index in [0.717, 1.165) is 16.3 Å². The van der Waals surface area contributed by atoms with Crippen molar-refractivity contribution in [3.63, 3.8) is 0 Å². The summed E-state index contributed by atoms with van der Waals surface area (Å²) in [6, 6.07) is 6.83. The highest BCUT2D eigenvalue weighted by atomic mass is 19.4. The third-order valence-electron chi connectivity index (χ3n) is 4.11. The monoisotopic (exact) mass is 369 g/mol. The molecular formula is C18H22F3N3O2. The fraction of sp³-hybridized carbons (Fsp3) is 0.444. The van der Waals surface area contributed by atoms with Gasteiger partial charge in [0.05, 0.1) is 6.42 Å². The lowest BCUT2D eigenvalue weighted by atomic mass is 9.87. The molecule has 0 saturated carbocycles. The standard InChI is InChI=1S/C18H22F3N3O2/c1-16(2,3)12-5-7-13(8-6-12)23-14(25)11-17(26,18(19,20)21)15-22-9-10-24(15)4/h5-10,26H,11H2,1-4H3,(H,23,25). The number of halogens is 3. The van der Waals surface area contributed by atoms with Gasteiger partial charge in [0, 0.05) is 25.1 Å². The molecule has 0 bridgehead atoms. The van der Waals surface area contributed by atoms with E-state index in [9.17, 15) is 23.1 Å². The lowest BCUT2D eigenvalue weighted by molar-refractivity contribution is -0.270. The molecule has 142 valence electrons. The second-order valence-electron chi connectivity index (χ2n) is 7.27. The third-order valence-corrected chi connectivity index (χ3v) is 4.11. The minimum atomic E-state index is -5.06. The minimum Gasteiger partial charge on any atom is -0.374 e. The summed E-state index contributed by atoms with van der Waals surface area (Å²) in [6.45, 7) is 6.07. The molecular weight excluding hydrogens is 347 g/mol. The van der Waals surface area contributed by atoms with E-state index in [1.54, 1.807) is 24.3 Å². The molecule has 26 heavy (non-hydrogen) atoms. The van der Waals surface area contributed by atoms with Crippen LogP contribution in [-0.2, 0) is 22.9 Å². The fourth-order valence-electron chi connectivity index (χ4n) is 2.56. The molecule has 1 aromatic heterocycles. The van der Waals surface area contributed by atoms with Crippen molar-refractivity contribution >= 4 is 11.6 Å². The molecule has 0 radical (unpaired) electrons. The number of carbonyl (C=O) groups excluding carboxylic acids is 1. The number of hydrogen-bond donors (Lipinski definition) is 2. The highest BCUT2D eigenvalue weighted by Gasteiger charge is 2.58. The highest BCUT2D eigenvalue weighted by molar-refractivity contribution is 5.91. The number of amides is 1. The summed E-state index contributed by atoms with van der Waals surface area (Å²) in [5, 5.41) is 12.6. The normalized spacial score (nSPS) is 14.8. The number of imidazole rings is 1. The number of benzene rings is 1. The summed E-state index contributed by atoms with van der Waals surface area (Å²) in [6.07, 6.45) is -3.84. The Morgan fingerprint density at radius 3 is 2.19 bits per heavy atom. The van der Waals surface area contributed by atoms with Gasteiger partial charge in [0.15, 0.2) is 5.82 Å². The molecule has 0 spiro atoms. The first-order valence-corrected chi connectivity index (χ1v) is 8.02. The maximum absolute atomic E-state index is 13.4. The molecule has 2 N–H and O–H groups in total. The first kappa shape index (κ1) is 20.0. The van der Waals surface area contributed by atoms with Crippen LogP contribution in [0.5, 0.6) is 0 Å². The second-order valence-corrected chi connectivity index (χ2v) is 7.27. The number of nitrogens with one attached hydrogen (secondary N) is 1. The van der Waals surface area contributed by atoms with Crippen molar-refractivity contribution in [2.75, 3.05) is 5.32 Å². The van der Waals surface area contributed by atoms with Crippen LogP contribution in [0.1, 0.15) is 38.6 Å². The maximum atomic E-state index is 13.4. The van der Waals surface area contributed by atoms with Crippen LogP contribution < -0.4 is 5.32 Å². The Bertz CT molecular complexity index is 776. The molecule has 5 nitrogen and oxygen atoms in total. The molecule has 1 atom stereocenters.